The first-order valence-corrected chi connectivity index (χ1v) is 6.92. The highest BCUT2D eigenvalue weighted by Gasteiger charge is 2.15. The van der Waals surface area contributed by atoms with E-state index in [0.29, 0.717) is 32.5 Å². The number of aromatic nitrogens is 2. The molecule has 3 aromatic rings. The lowest BCUT2D eigenvalue weighted by Crippen LogP contribution is -2.00. The second kappa shape index (κ2) is 5.29. The van der Waals surface area contributed by atoms with Crippen LogP contribution in [-0.4, -0.2) is 23.0 Å². The summed E-state index contributed by atoms with van der Waals surface area (Å²) in [6.07, 6.45) is 0. The van der Waals surface area contributed by atoms with Gasteiger partial charge in [0.2, 0.25) is 0 Å². The zero-order chi connectivity index (χ0) is 15.0. The van der Waals surface area contributed by atoms with Crippen molar-refractivity contribution in [2.24, 2.45) is 0 Å². The predicted molar refractivity (Wildman–Crippen MR) is 80.5 cm³/mol. The Balaban J connectivity index is 2.19. The Hall–Kier alpha value is -2.21. The minimum Gasteiger partial charge on any atom is -0.465 e. The molecule has 1 heterocycles. The molecule has 0 aliphatic rings. The third-order valence-electron chi connectivity index (χ3n) is 3.09. The number of H-pyrrole nitrogens is 1. The highest BCUT2D eigenvalue weighted by molar-refractivity contribution is 9.10. The van der Waals surface area contributed by atoms with E-state index in [2.05, 4.69) is 25.9 Å². The van der Waals surface area contributed by atoms with Crippen molar-refractivity contribution in [2.75, 3.05) is 7.11 Å². The SMILES string of the molecule is COC(=O)c1cc(Br)c2nc(-c3ccccc3F)[nH]c2c1. The number of rotatable bonds is 2. The number of aromatic amines is 1. The number of fused-ring (bicyclic) bond motifs is 1. The third kappa shape index (κ3) is 2.42. The van der Waals surface area contributed by atoms with Gasteiger partial charge >= 0.3 is 5.97 Å². The summed E-state index contributed by atoms with van der Waals surface area (Å²) >= 11 is 3.37. The molecule has 0 saturated carbocycles. The summed E-state index contributed by atoms with van der Waals surface area (Å²) < 4.78 is 19.2. The topological polar surface area (TPSA) is 55.0 Å². The number of nitrogens with one attached hydrogen (secondary N) is 1. The number of carbonyl (C=O) groups is 1. The maximum Gasteiger partial charge on any atom is 0.337 e. The van der Waals surface area contributed by atoms with E-state index in [1.807, 2.05) is 0 Å². The van der Waals surface area contributed by atoms with Gasteiger partial charge in [-0.2, -0.15) is 0 Å². The largest absolute Gasteiger partial charge is 0.465 e. The summed E-state index contributed by atoms with van der Waals surface area (Å²) in [6.45, 7) is 0. The summed E-state index contributed by atoms with van der Waals surface area (Å²) in [6, 6.07) is 9.62. The van der Waals surface area contributed by atoms with Crippen molar-refractivity contribution < 1.29 is 13.9 Å². The lowest BCUT2D eigenvalue weighted by molar-refractivity contribution is 0.0601. The monoisotopic (exact) mass is 348 g/mol. The van der Waals surface area contributed by atoms with Gasteiger partial charge in [0.15, 0.2) is 0 Å². The first-order chi connectivity index (χ1) is 10.1. The normalized spacial score (nSPS) is 10.8. The molecule has 0 amide bonds. The number of hydrogen-bond acceptors (Lipinski definition) is 3. The van der Waals surface area contributed by atoms with Gasteiger partial charge in [-0.15, -0.1) is 0 Å². The molecule has 0 fully saturated rings. The van der Waals surface area contributed by atoms with Crippen LogP contribution in [0, 0.1) is 5.82 Å². The molecule has 0 unspecified atom stereocenters. The smallest absolute Gasteiger partial charge is 0.337 e. The van der Waals surface area contributed by atoms with Gasteiger partial charge in [-0.3, -0.25) is 0 Å². The maximum atomic E-state index is 13.8. The molecule has 0 saturated heterocycles. The third-order valence-corrected chi connectivity index (χ3v) is 3.69. The second-order valence-electron chi connectivity index (χ2n) is 4.41. The number of hydrogen-bond donors (Lipinski definition) is 1. The van der Waals surface area contributed by atoms with E-state index in [4.69, 9.17) is 4.74 Å². The molecule has 0 atom stereocenters. The Morgan fingerprint density at radius 2 is 2.10 bits per heavy atom. The van der Waals surface area contributed by atoms with Crippen LogP contribution in [0.1, 0.15) is 10.4 Å². The van der Waals surface area contributed by atoms with Crippen molar-refractivity contribution in [3.8, 4) is 11.4 Å². The van der Waals surface area contributed by atoms with Gasteiger partial charge in [0, 0.05) is 4.47 Å². The fraction of sp³-hybridized carbons (Fsp3) is 0.0667. The molecule has 1 N–H and O–H groups in total. The standard InChI is InChI=1S/C15H10BrFN2O2/c1-21-15(20)8-6-10(16)13-12(7-8)18-14(19-13)9-4-2-3-5-11(9)17/h2-7H,1H3,(H,18,19). The van der Waals surface area contributed by atoms with Crippen LogP contribution < -0.4 is 0 Å². The average molecular weight is 349 g/mol. The minimum atomic E-state index is -0.445. The molecule has 0 bridgehead atoms. The van der Waals surface area contributed by atoms with Crippen LogP contribution in [-0.2, 0) is 4.74 Å². The number of esters is 1. The Labute approximate surface area is 128 Å². The number of halogens is 2. The van der Waals surface area contributed by atoms with E-state index in [0.717, 1.165) is 0 Å². The van der Waals surface area contributed by atoms with Gasteiger partial charge in [-0.05, 0) is 40.2 Å². The quantitative estimate of drug-likeness (QED) is 0.714. The molecule has 0 aliphatic heterocycles. The highest BCUT2D eigenvalue weighted by atomic mass is 79.9. The van der Waals surface area contributed by atoms with Crippen molar-refractivity contribution in [1.82, 2.24) is 9.97 Å². The van der Waals surface area contributed by atoms with Gasteiger partial charge < -0.3 is 9.72 Å². The maximum absolute atomic E-state index is 13.8. The molecule has 3 rings (SSSR count). The van der Waals surface area contributed by atoms with Crippen LogP contribution in [0.5, 0.6) is 0 Å². The van der Waals surface area contributed by atoms with Gasteiger partial charge in [0.05, 0.1) is 23.8 Å². The van der Waals surface area contributed by atoms with E-state index in [9.17, 15) is 9.18 Å². The Kier molecular flexibility index (Phi) is 3.47. The lowest BCUT2D eigenvalue weighted by Gasteiger charge is -2.00. The zero-order valence-corrected chi connectivity index (χ0v) is 12.6. The van der Waals surface area contributed by atoms with Gasteiger partial charge in [0.1, 0.15) is 17.2 Å². The Bertz CT molecular complexity index is 845. The van der Waals surface area contributed by atoms with Crippen molar-refractivity contribution >= 4 is 32.9 Å². The van der Waals surface area contributed by atoms with E-state index >= 15 is 0 Å². The van der Waals surface area contributed by atoms with Gasteiger partial charge in [-0.25, -0.2) is 14.2 Å². The van der Waals surface area contributed by atoms with Crippen molar-refractivity contribution in [2.45, 2.75) is 0 Å². The number of nitrogens with zero attached hydrogens (tertiary/aromatic N) is 1. The summed E-state index contributed by atoms with van der Waals surface area (Å²) in [5.74, 6) is -0.397. The Morgan fingerprint density at radius 1 is 1.33 bits per heavy atom. The van der Waals surface area contributed by atoms with Crippen LogP contribution in [0.2, 0.25) is 0 Å². The van der Waals surface area contributed by atoms with Crippen LogP contribution in [0.3, 0.4) is 0 Å². The minimum absolute atomic E-state index is 0.360. The molecular formula is C15H10BrFN2O2. The molecule has 0 radical (unpaired) electrons. The summed E-state index contributed by atoms with van der Waals surface area (Å²) in [7, 11) is 1.32. The van der Waals surface area contributed by atoms with Crippen molar-refractivity contribution in [3.05, 3.63) is 52.3 Å². The van der Waals surface area contributed by atoms with Crippen LogP contribution in [0.25, 0.3) is 22.4 Å². The molecule has 2 aromatic carbocycles. The molecule has 1 aromatic heterocycles. The summed E-state index contributed by atoms with van der Waals surface area (Å²) in [4.78, 5) is 19.0. The lowest BCUT2D eigenvalue weighted by atomic mass is 10.2. The zero-order valence-electron chi connectivity index (χ0n) is 11.0. The van der Waals surface area contributed by atoms with Crippen molar-refractivity contribution in [1.29, 1.82) is 0 Å². The molecule has 4 nitrogen and oxygen atoms in total. The molecule has 0 aliphatic carbocycles. The van der Waals surface area contributed by atoms with E-state index in [1.165, 1.54) is 13.2 Å². The van der Waals surface area contributed by atoms with Gasteiger partial charge in [-0.1, -0.05) is 12.1 Å². The average Bonchev–Trinajstić information content (AvgIpc) is 2.91. The molecule has 106 valence electrons. The number of ether oxygens (including phenoxy) is 1. The van der Waals surface area contributed by atoms with Crippen LogP contribution in [0.15, 0.2) is 40.9 Å². The van der Waals surface area contributed by atoms with Crippen LogP contribution >= 0.6 is 15.9 Å². The molecular weight excluding hydrogens is 339 g/mol. The van der Waals surface area contributed by atoms with Crippen LogP contribution in [0.4, 0.5) is 4.39 Å². The first kappa shape index (κ1) is 13.8. The second-order valence-corrected chi connectivity index (χ2v) is 5.27. The summed E-state index contributed by atoms with van der Waals surface area (Å²) in [5, 5.41) is 0. The number of carbonyl (C=O) groups excluding carboxylic acids is 1. The number of methoxy groups -OCH3 is 1. The van der Waals surface area contributed by atoms with E-state index in [1.54, 1.807) is 30.3 Å². The predicted octanol–water partition coefficient (Wildman–Crippen LogP) is 3.92. The first-order valence-electron chi connectivity index (χ1n) is 6.12. The molecule has 21 heavy (non-hydrogen) atoms. The fourth-order valence-corrected chi connectivity index (χ4v) is 2.64. The number of benzene rings is 2. The van der Waals surface area contributed by atoms with Gasteiger partial charge in [0.25, 0.3) is 0 Å². The fourth-order valence-electron chi connectivity index (χ4n) is 2.09. The van der Waals surface area contributed by atoms with Crippen molar-refractivity contribution in [3.63, 3.8) is 0 Å². The molecule has 6 heteroatoms. The summed E-state index contributed by atoms with van der Waals surface area (Å²) in [5.41, 5.74) is 2.02. The van der Waals surface area contributed by atoms with E-state index in [-0.39, 0.29) is 5.82 Å². The Morgan fingerprint density at radius 3 is 2.81 bits per heavy atom. The van der Waals surface area contributed by atoms with E-state index < -0.39 is 5.97 Å². The molecule has 0 spiro atoms. The highest BCUT2D eigenvalue weighted by Crippen LogP contribution is 2.28. The number of imidazole rings is 1.